The lowest BCUT2D eigenvalue weighted by atomic mass is 9.98. The Balaban J connectivity index is 1.77. The zero-order chi connectivity index (χ0) is 19.0. The fraction of sp³-hybridized carbons (Fsp3) is 0.440. The van der Waals surface area contributed by atoms with E-state index in [9.17, 15) is 0 Å². The quantitative estimate of drug-likeness (QED) is 0.581. The Hall–Kier alpha value is -2.06. The molecule has 1 aliphatic rings. The highest BCUT2D eigenvalue weighted by Gasteiger charge is 2.27. The van der Waals surface area contributed by atoms with Gasteiger partial charge in [0.2, 0.25) is 0 Å². The van der Waals surface area contributed by atoms with Crippen LogP contribution in [0.25, 0.3) is 10.9 Å². The van der Waals surface area contributed by atoms with E-state index < -0.39 is 0 Å². The first-order valence-corrected chi connectivity index (χ1v) is 10.5. The number of benzene rings is 2. The molecule has 0 bridgehead atoms. The van der Waals surface area contributed by atoms with Crippen molar-refractivity contribution in [1.29, 1.82) is 0 Å². The van der Waals surface area contributed by atoms with E-state index in [0.29, 0.717) is 6.04 Å². The Kier molecular flexibility index (Phi) is 5.10. The molecule has 1 unspecified atom stereocenters. The van der Waals surface area contributed by atoms with Gasteiger partial charge in [0.05, 0.1) is 0 Å². The van der Waals surface area contributed by atoms with Gasteiger partial charge in [-0.3, -0.25) is 4.90 Å². The van der Waals surface area contributed by atoms with E-state index in [1.54, 1.807) is 11.3 Å². The van der Waals surface area contributed by atoms with Crippen LogP contribution in [-0.2, 0) is 32.4 Å². The van der Waals surface area contributed by atoms with Crippen molar-refractivity contribution in [3.05, 3.63) is 70.4 Å². The van der Waals surface area contributed by atoms with E-state index in [2.05, 4.69) is 79.6 Å². The Morgan fingerprint density at radius 3 is 2.63 bits per heavy atom. The van der Waals surface area contributed by atoms with Gasteiger partial charge in [0, 0.05) is 42.1 Å². The van der Waals surface area contributed by atoms with Crippen LogP contribution in [-0.4, -0.2) is 22.1 Å². The smallest absolute Gasteiger partial charge is 0.0486 e. The van der Waals surface area contributed by atoms with Crippen molar-refractivity contribution in [2.45, 2.75) is 66.1 Å². The highest BCUT2D eigenvalue weighted by Crippen LogP contribution is 2.34. The van der Waals surface area contributed by atoms with Crippen molar-refractivity contribution < 1.29 is 0 Å². The summed E-state index contributed by atoms with van der Waals surface area (Å²) in [5.74, 6) is 0. The van der Waals surface area contributed by atoms with Crippen LogP contribution in [0.4, 0.5) is 0 Å². The van der Waals surface area contributed by atoms with Gasteiger partial charge in [-0.2, -0.15) is 0 Å². The molecule has 0 amide bonds. The van der Waals surface area contributed by atoms with Crippen molar-refractivity contribution in [1.82, 2.24) is 9.47 Å². The van der Waals surface area contributed by atoms with E-state index in [0.717, 1.165) is 38.9 Å². The summed E-state index contributed by atoms with van der Waals surface area (Å²) in [6, 6.07) is 16.6. The van der Waals surface area contributed by atoms with Crippen LogP contribution in [0.3, 0.4) is 0 Å². The van der Waals surface area contributed by atoms with E-state index in [1.807, 2.05) is 0 Å². The molecule has 2 nitrogen and oxygen atoms in total. The minimum absolute atomic E-state index is 0.620. The lowest BCUT2D eigenvalue weighted by molar-refractivity contribution is 0.192. The molecule has 142 valence electrons. The first kappa shape index (κ1) is 18.3. The molecule has 1 aliphatic heterocycles. The zero-order valence-corrected chi connectivity index (χ0v) is 17.3. The van der Waals surface area contributed by atoms with Crippen molar-refractivity contribution in [3.63, 3.8) is 0 Å². The largest absolute Gasteiger partial charge is 0.344 e. The first-order valence-electron chi connectivity index (χ1n) is 10.5. The number of fused-ring (bicyclic) bond motifs is 3. The number of likely N-dealkylation sites (N-methyl/N-ethyl adjacent to an activating group) is 1. The molecule has 1 aromatic heterocycles. The molecule has 0 aliphatic carbocycles. The highest BCUT2D eigenvalue weighted by atomic mass is 15.2. The Morgan fingerprint density at radius 1 is 1.07 bits per heavy atom. The Labute approximate surface area is 163 Å². The lowest BCUT2D eigenvalue weighted by Crippen LogP contribution is -2.38. The minimum Gasteiger partial charge on any atom is -0.344 e. The van der Waals surface area contributed by atoms with Gasteiger partial charge in [-0.05, 0) is 67.6 Å². The first-order chi connectivity index (χ1) is 13.1. The standard InChI is InChI=1S/C25H32N2/c1-5-20-11-12-24-22(16-20)23-17-26(6-2)19(4)15-25(23)27(24)14-13-21-10-8-7-9-18(21)3/h7-12,16,19H,5-6,13-15,17H2,1-4H3. The molecular weight excluding hydrogens is 328 g/mol. The Bertz CT molecular complexity index is 950. The lowest BCUT2D eigenvalue weighted by Gasteiger charge is -2.33. The van der Waals surface area contributed by atoms with Crippen LogP contribution < -0.4 is 0 Å². The fourth-order valence-corrected chi connectivity index (χ4v) is 4.72. The summed E-state index contributed by atoms with van der Waals surface area (Å²) >= 11 is 0. The van der Waals surface area contributed by atoms with Gasteiger partial charge >= 0.3 is 0 Å². The van der Waals surface area contributed by atoms with E-state index >= 15 is 0 Å². The second-order valence-corrected chi connectivity index (χ2v) is 8.07. The number of aromatic nitrogens is 1. The van der Waals surface area contributed by atoms with Gasteiger partial charge in [-0.1, -0.05) is 44.2 Å². The highest BCUT2D eigenvalue weighted by molar-refractivity contribution is 5.86. The van der Waals surface area contributed by atoms with Crippen LogP contribution in [0, 0.1) is 6.92 Å². The molecule has 27 heavy (non-hydrogen) atoms. The summed E-state index contributed by atoms with van der Waals surface area (Å²) in [4.78, 5) is 2.62. The van der Waals surface area contributed by atoms with Gasteiger partial charge in [0.15, 0.2) is 0 Å². The van der Waals surface area contributed by atoms with Crippen molar-refractivity contribution in [2.75, 3.05) is 6.54 Å². The summed E-state index contributed by atoms with van der Waals surface area (Å²) in [5, 5.41) is 1.49. The molecule has 2 heteroatoms. The van der Waals surface area contributed by atoms with Crippen LogP contribution in [0.5, 0.6) is 0 Å². The SMILES string of the molecule is CCc1ccc2c(c1)c1c(n2CCc2ccccc2C)CC(C)N(CC)C1. The van der Waals surface area contributed by atoms with Gasteiger partial charge < -0.3 is 4.57 Å². The number of hydrogen-bond acceptors (Lipinski definition) is 1. The van der Waals surface area contributed by atoms with Crippen molar-refractivity contribution >= 4 is 10.9 Å². The number of rotatable bonds is 5. The number of hydrogen-bond donors (Lipinski definition) is 0. The normalized spacial score (nSPS) is 17.4. The molecular formula is C25H32N2. The molecule has 0 spiro atoms. The molecule has 2 heterocycles. The van der Waals surface area contributed by atoms with Crippen LogP contribution in [0.15, 0.2) is 42.5 Å². The molecule has 3 aromatic rings. The second-order valence-electron chi connectivity index (χ2n) is 8.07. The fourth-order valence-electron chi connectivity index (χ4n) is 4.72. The second kappa shape index (κ2) is 7.52. The molecule has 0 saturated heterocycles. The summed E-state index contributed by atoms with van der Waals surface area (Å²) in [6.45, 7) is 12.4. The number of nitrogens with zero attached hydrogens (tertiary/aromatic N) is 2. The van der Waals surface area contributed by atoms with Crippen molar-refractivity contribution in [3.8, 4) is 0 Å². The molecule has 0 fully saturated rings. The third kappa shape index (κ3) is 3.32. The van der Waals surface area contributed by atoms with E-state index in [4.69, 9.17) is 0 Å². The van der Waals surface area contributed by atoms with Crippen LogP contribution in [0.2, 0.25) is 0 Å². The Morgan fingerprint density at radius 2 is 1.89 bits per heavy atom. The maximum absolute atomic E-state index is 2.63. The zero-order valence-electron chi connectivity index (χ0n) is 17.3. The van der Waals surface area contributed by atoms with E-state index in [1.165, 1.54) is 27.6 Å². The predicted molar refractivity (Wildman–Crippen MR) is 115 cm³/mol. The minimum atomic E-state index is 0.620. The maximum atomic E-state index is 2.63. The van der Waals surface area contributed by atoms with Gasteiger partial charge in [0.25, 0.3) is 0 Å². The molecule has 4 rings (SSSR count). The van der Waals surface area contributed by atoms with Crippen LogP contribution >= 0.6 is 0 Å². The molecule has 0 radical (unpaired) electrons. The summed E-state index contributed by atoms with van der Waals surface area (Å²) in [6.07, 6.45) is 3.37. The average Bonchev–Trinajstić information content (AvgIpc) is 2.98. The third-order valence-corrected chi connectivity index (χ3v) is 6.50. The topological polar surface area (TPSA) is 8.17 Å². The van der Waals surface area contributed by atoms with Gasteiger partial charge in [-0.25, -0.2) is 0 Å². The molecule has 0 saturated carbocycles. The van der Waals surface area contributed by atoms with Gasteiger partial charge in [-0.15, -0.1) is 0 Å². The summed E-state index contributed by atoms with van der Waals surface area (Å²) in [7, 11) is 0. The average molecular weight is 361 g/mol. The van der Waals surface area contributed by atoms with Crippen LogP contribution in [0.1, 0.15) is 48.7 Å². The van der Waals surface area contributed by atoms with E-state index in [-0.39, 0.29) is 0 Å². The monoisotopic (exact) mass is 360 g/mol. The maximum Gasteiger partial charge on any atom is 0.0486 e. The molecule has 2 aromatic carbocycles. The van der Waals surface area contributed by atoms with Crippen molar-refractivity contribution in [2.24, 2.45) is 0 Å². The summed E-state index contributed by atoms with van der Waals surface area (Å²) in [5.41, 5.74) is 8.90. The summed E-state index contributed by atoms with van der Waals surface area (Å²) < 4.78 is 2.63. The predicted octanol–water partition coefficient (Wildman–Crippen LogP) is 5.52. The molecule has 0 N–H and O–H groups in total. The number of aryl methyl sites for hydroxylation is 4. The third-order valence-electron chi connectivity index (χ3n) is 6.50. The van der Waals surface area contributed by atoms with Gasteiger partial charge in [0.1, 0.15) is 0 Å². The molecule has 1 atom stereocenters.